The van der Waals surface area contributed by atoms with Gasteiger partial charge in [0, 0.05) is 12.2 Å². The number of hydrogen-bond acceptors (Lipinski definition) is 4. The highest BCUT2D eigenvalue weighted by atomic mass is 127. The van der Waals surface area contributed by atoms with Gasteiger partial charge in [0.15, 0.2) is 5.96 Å². The summed E-state index contributed by atoms with van der Waals surface area (Å²) in [5, 5.41) is 10.8. The van der Waals surface area contributed by atoms with Crippen LogP contribution in [0, 0.1) is 13.8 Å². The quantitative estimate of drug-likeness (QED) is 0.268. The molecule has 0 amide bonds. The summed E-state index contributed by atoms with van der Waals surface area (Å²) >= 11 is 0. The van der Waals surface area contributed by atoms with Crippen LogP contribution >= 0.6 is 24.0 Å². The fourth-order valence-corrected chi connectivity index (χ4v) is 2.76. The maximum Gasteiger partial charge on any atom is 0.325 e. The molecule has 2 rings (SSSR count). The largest absolute Gasteiger partial charge is 0.459 e. The first-order valence-electron chi connectivity index (χ1n) is 9.55. The Kier molecular flexibility index (Phi) is 9.61. The number of halogens is 1. The van der Waals surface area contributed by atoms with Gasteiger partial charge in [-0.1, -0.05) is 18.2 Å². The number of benzene rings is 1. The number of carbonyl (C=O) groups excluding carboxylic acids is 1. The Hall–Kier alpha value is -2.10. The number of nitrogens with zero attached hydrogens (tertiary/aromatic N) is 3. The smallest absolute Gasteiger partial charge is 0.325 e. The first kappa shape index (κ1) is 24.9. The van der Waals surface area contributed by atoms with E-state index in [0.717, 1.165) is 22.6 Å². The molecule has 7 nitrogen and oxygen atoms in total. The highest BCUT2D eigenvalue weighted by Crippen LogP contribution is 2.17. The molecule has 0 fully saturated rings. The molecular weight excluding hydrogens is 481 g/mol. The number of aryl methyl sites for hydroxylation is 2. The number of hydrogen-bond donors (Lipinski definition) is 2. The molecule has 2 aromatic rings. The Bertz CT molecular complexity index is 840. The highest BCUT2D eigenvalue weighted by Gasteiger charge is 2.16. The Morgan fingerprint density at radius 2 is 1.90 bits per heavy atom. The Morgan fingerprint density at radius 1 is 1.21 bits per heavy atom. The lowest BCUT2D eigenvalue weighted by Crippen LogP contribution is -2.41. The molecule has 0 unspecified atom stereocenters. The number of esters is 1. The van der Waals surface area contributed by atoms with Crippen molar-refractivity contribution in [1.82, 2.24) is 20.4 Å². The van der Waals surface area contributed by atoms with Crippen molar-refractivity contribution in [2.24, 2.45) is 4.99 Å². The first-order valence-corrected chi connectivity index (χ1v) is 9.55. The van der Waals surface area contributed by atoms with Gasteiger partial charge in [-0.2, -0.15) is 5.10 Å². The van der Waals surface area contributed by atoms with Crippen LogP contribution in [0.2, 0.25) is 0 Å². The van der Waals surface area contributed by atoms with Crippen LogP contribution in [-0.4, -0.2) is 40.4 Å². The van der Waals surface area contributed by atoms with Crippen molar-refractivity contribution in [3.63, 3.8) is 0 Å². The average Bonchev–Trinajstić information content (AvgIpc) is 2.94. The SMILES string of the molecule is CCNC(=NCc1ccccc1-n1nc(C)cc1C)NCC(=O)OC(C)(C)C.I. The van der Waals surface area contributed by atoms with Crippen LogP contribution < -0.4 is 10.6 Å². The summed E-state index contributed by atoms with van der Waals surface area (Å²) < 4.78 is 7.26. The molecule has 0 saturated carbocycles. The van der Waals surface area contributed by atoms with Crippen molar-refractivity contribution in [2.45, 2.75) is 53.7 Å². The van der Waals surface area contributed by atoms with Gasteiger partial charge >= 0.3 is 5.97 Å². The number of aliphatic imine (C=N–C) groups is 1. The van der Waals surface area contributed by atoms with E-state index in [0.29, 0.717) is 19.0 Å². The summed E-state index contributed by atoms with van der Waals surface area (Å²) in [6.07, 6.45) is 0. The highest BCUT2D eigenvalue weighted by molar-refractivity contribution is 14.0. The number of para-hydroxylation sites is 1. The van der Waals surface area contributed by atoms with Crippen LogP contribution in [0.1, 0.15) is 44.6 Å². The molecule has 0 aliphatic heterocycles. The third kappa shape index (κ3) is 8.04. The number of aromatic nitrogens is 2. The molecule has 0 saturated heterocycles. The predicted molar refractivity (Wildman–Crippen MR) is 127 cm³/mol. The second-order valence-electron chi connectivity index (χ2n) is 7.60. The van der Waals surface area contributed by atoms with Crippen LogP contribution in [0.5, 0.6) is 0 Å². The molecule has 0 aliphatic rings. The number of ether oxygens (including phenoxy) is 1. The monoisotopic (exact) mass is 513 g/mol. The van der Waals surface area contributed by atoms with Crippen LogP contribution in [-0.2, 0) is 16.1 Å². The van der Waals surface area contributed by atoms with Gasteiger partial charge in [0.25, 0.3) is 0 Å². The Labute approximate surface area is 190 Å². The van der Waals surface area contributed by atoms with Crippen molar-refractivity contribution in [2.75, 3.05) is 13.1 Å². The van der Waals surface area contributed by atoms with E-state index < -0.39 is 5.60 Å². The molecule has 0 bridgehead atoms. The molecule has 0 atom stereocenters. The second-order valence-corrected chi connectivity index (χ2v) is 7.60. The topological polar surface area (TPSA) is 80.5 Å². The van der Waals surface area contributed by atoms with E-state index in [1.165, 1.54) is 0 Å². The van der Waals surface area contributed by atoms with Crippen LogP contribution in [0.4, 0.5) is 0 Å². The summed E-state index contributed by atoms with van der Waals surface area (Å²) in [7, 11) is 0. The molecule has 2 N–H and O–H groups in total. The van der Waals surface area contributed by atoms with Crippen molar-refractivity contribution in [3.8, 4) is 5.69 Å². The minimum absolute atomic E-state index is 0. The van der Waals surface area contributed by atoms with Crippen LogP contribution in [0.3, 0.4) is 0 Å². The van der Waals surface area contributed by atoms with Gasteiger partial charge in [-0.15, -0.1) is 24.0 Å². The fraction of sp³-hybridized carbons (Fsp3) is 0.476. The Morgan fingerprint density at radius 3 is 2.48 bits per heavy atom. The van der Waals surface area contributed by atoms with E-state index in [1.54, 1.807) is 0 Å². The molecule has 0 aliphatic carbocycles. The third-order valence-corrected chi connectivity index (χ3v) is 3.80. The maximum absolute atomic E-state index is 11.9. The summed E-state index contributed by atoms with van der Waals surface area (Å²) in [4.78, 5) is 16.6. The zero-order chi connectivity index (χ0) is 20.7. The minimum atomic E-state index is -0.507. The molecular formula is C21H32IN5O2. The minimum Gasteiger partial charge on any atom is -0.459 e. The van der Waals surface area contributed by atoms with Crippen molar-refractivity contribution in [1.29, 1.82) is 0 Å². The van der Waals surface area contributed by atoms with Crippen LogP contribution in [0.15, 0.2) is 35.3 Å². The van der Waals surface area contributed by atoms with E-state index in [2.05, 4.69) is 20.7 Å². The molecule has 1 heterocycles. The maximum atomic E-state index is 11.9. The zero-order valence-corrected chi connectivity index (χ0v) is 20.4. The number of nitrogens with one attached hydrogen (secondary N) is 2. The van der Waals surface area contributed by atoms with E-state index >= 15 is 0 Å². The average molecular weight is 513 g/mol. The summed E-state index contributed by atoms with van der Waals surface area (Å²) in [5.74, 6) is 0.248. The first-order chi connectivity index (χ1) is 13.2. The number of carbonyl (C=O) groups is 1. The van der Waals surface area contributed by atoms with E-state index in [1.807, 2.05) is 76.6 Å². The molecule has 1 aromatic heterocycles. The molecule has 8 heteroatoms. The molecule has 0 spiro atoms. The lowest BCUT2D eigenvalue weighted by atomic mass is 10.2. The van der Waals surface area contributed by atoms with Crippen LogP contribution in [0.25, 0.3) is 5.69 Å². The lowest BCUT2D eigenvalue weighted by molar-refractivity contribution is -0.153. The van der Waals surface area contributed by atoms with Crippen molar-refractivity contribution >= 4 is 35.9 Å². The third-order valence-electron chi connectivity index (χ3n) is 3.80. The normalized spacial score (nSPS) is 11.6. The zero-order valence-electron chi connectivity index (χ0n) is 18.1. The summed E-state index contributed by atoms with van der Waals surface area (Å²) in [6, 6.07) is 10.1. The summed E-state index contributed by atoms with van der Waals surface area (Å²) in [5.41, 5.74) is 3.59. The lowest BCUT2D eigenvalue weighted by Gasteiger charge is -2.20. The standard InChI is InChI=1S/C21H31N5O2.HI/c1-7-22-20(24-14-19(27)28-21(4,5)6)23-13-17-10-8-9-11-18(17)26-16(3)12-15(2)25-26;/h8-12H,7,13-14H2,1-6H3,(H2,22,23,24);1H. The molecule has 0 radical (unpaired) electrons. The van der Waals surface area contributed by atoms with Gasteiger partial charge in [0.05, 0.1) is 17.9 Å². The van der Waals surface area contributed by atoms with Gasteiger partial charge in [0.1, 0.15) is 12.1 Å². The Balaban J connectivity index is 0.00000420. The molecule has 29 heavy (non-hydrogen) atoms. The van der Waals surface area contributed by atoms with Gasteiger partial charge in [-0.3, -0.25) is 4.79 Å². The van der Waals surface area contributed by atoms with Gasteiger partial charge in [-0.05, 0) is 59.2 Å². The van der Waals surface area contributed by atoms with Gasteiger partial charge < -0.3 is 15.4 Å². The van der Waals surface area contributed by atoms with E-state index in [4.69, 9.17) is 4.74 Å². The number of guanidine groups is 1. The molecule has 160 valence electrons. The van der Waals surface area contributed by atoms with Crippen molar-refractivity contribution in [3.05, 3.63) is 47.3 Å². The fourth-order valence-electron chi connectivity index (χ4n) is 2.76. The summed E-state index contributed by atoms with van der Waals surface area (Å²) in [6.45, 7) is 12.7. The second kappa shape index (κ2) is 11.2. The van der Waals surface area contributed by atoms with Gasteiger partial charge in [0.2, 0.25) is 0 Å². The van der Waals surface area contributed by atoms with E-state index in [9.17, 15) is 4.79 Å². The van der Waals surface area contributed by atoms with E-state index in [-0.39, 0.29) is 36.5 Å². The molecule has 1 aromatic carbocycles. The van der Waals surface area contributed by atoms with Gasteiger partial charge in [-0.25, -0.2) is 9.67 Å². The predicted octanol–water partition coefficient (Wildman–Crippen LogP) is 3.50. The number of rotatable bonds is 6. The van der Waals surface area contributed by atoms with Crippen molar-refractivity contribution < 1.29 is 9.53 Å².